The number of anilines is 3. The fourth-order valence-corrected chi connectivity index (χ4v) is 8.83. The Hall–Kier alpha value is -7.69. The third-order valence-electron chi connectivity index (χ3n) is 11.4. The minimum absolute atomic E-state index is 0.577. The molecule has 12 rings (SSSR count). The van der Waals surface area contributed by atoms with E-state index in [0.717, 1.165) is 72.0 Å². The Kier molecular flexibility index (Phi) is 6.89. The summed E-state index contributed by atoms with van der Waals surface area (Å²) in [6.07, 6.45) is 0. The molecule has 0 spiro atoms. The van der Waals surface area contributed by atoms with E-state index in [9.17, 15) is 0 Å². The number of oxazole rings is 1. The van der Waals surface area contributed by atoms with Crippen molar-refractivity contribution in [1.82, 2.24) is 4.98 Å². The van der Waals surface area contributed by atoms with Crippen LogP contribution in [0.1, 0.15) is 0 Å². The van der Waals surface area contributed by atoms with E-state index in [1.54, 1.807) is 0 Å². The Balaban J connectivity index is 1.09. The number of rotatable bonds is 5. The fraction of sp³-hybridized carbons (Fsp3) is 0. The SMILES string of the molecule is c1ccc(-c2cccc(N(c3ccc4c(c3)oc3cccc(-c5nc6c(ccc7ccccc76)o5)c34)c3cccc4ccc5c6ccccc6ccc5c34)c2)cc1. The summed E-state index contributed by atoms with van der Waals surface area (Å²) in [6, 6.07) is 68.8. The minimum atomic E-state index is 0.577. The summed E-state index contributed by atoms with van der Waals surface area (Å²) >= 11 is 0. The lowest BCUT2D eigenvalue weighted by Crippen LogP contribution is -2.10. The molecule has 0 fully saturated rings. The zero-order valence-corrected chi connectivity index (χ0v) is 30.7. The second kappa shape index (κ2) is 12.4. The third kappa shape index (κ3) is 4.98. The van der Waals surface area contributed by atoms with Crippen molar-refractivity contribution in [2.75, 3.05) is 4.90 Å². The van der Waals surface area contributed by atoms with E-state index in [4.69, 9.17) is 13.8 Å². The van der Waals surface area contributed by atoms with E-state index >= 15 is 0 Å². The van der Waals surface area contributed by atoms with E-state index in [1.165, 1.54) is 37.9 Å². The van der Waals surface area contributed by atoms with Crippen LogP contribution in [-0.2, 0) is 0 Å². The average molecular weight is 729 g/mol. The molecule has 0 bridgehead atoms. The summed E-state index contributed by atoms with van der Waals surface area (Å²) in [7, 11) is 0. The lowest BCUT2D eigenvalue weighted by Gasteiger charge is -2.28. The molecule has 0 aliphatic rings. The first-order valence-electron chi connectivity index (χ1n) is 19.3. The molecule has 12 aromatic rings. The number of hydrogen-bond donors (Lipinski definition) is 0. The van der Waals surface area contributed by atoms with Gasteiger partial charge in [-0.25, -0.2) is 4.98 Å². The molecule has 2 aromatic heterocycles. The van der Waals surface area contributed by atoms with Gasteiger partial charge in [-0.1, -0.05) is 140 Å². The van der Waals surface area contributed by atoms with Crippen molar-refractivity contribution < 1.29 is 8.83 Å². The molecule has 0 unspecified atom stereocenters. The van der Waals surface area contributed by atoms with Gasteiger partial charge in [0.05, 0.1) is 5.69 Å². The van der Waals surface area contributed by atoms with Gasteiger partial charge < -0.3 is 13.7 Å². The molecule has 10 aromatic carbocycles. The van der Waals surface area contributed by atoms with Crippen LogP contribution in [0.5, 0.6) is 0 Å². The smallest absolute Gasteiger partial charge is 0.228 e. The van der Waals surface area contributed by atoms with Crippen molar-refractivity contribution >= 4 is 93.2 Å². The highest BCUT2D eigenvalue weighted by molar-refractivity contribution is 6.22. The molecule has 57 heavy (non-hydrogen) atoms. The van der Waals surface area contributed by atoms with Crippen molar-refractivity contribution in [2.24, 2.45) is 0 Å². The van der Waals surface area contributed by atoms with Gasteiger partial charge in [-0.15, -0.1) is 0 Å². The molecule has 0 aliphatic heterocycles. The van der Waals surface area contributed by atoms with E-state index < -0.39 is 0 Å². The minimum Gasteiger partial charge on any atom is -0.456 e. The quantitative estimate of drug-likeness (QED) is 0.166. The maximum absolute atomic E-state index is 6.72. The van der Waals surface area contributed by atoms with Crippen LogP contribution in [0.2, 0.25) is 0 Å². The van der Waals surface area contributed by atoms with Crippen molar-refractivity contribution in [1.29, 1.82) is 0 Å². The van der Waals surface area contributed by atoms with Gasteiger partial charge in [-0.3, -0.25) is 0 Å². The highest BCUT2D eigenvalue weighted by Gasteiger charge is 2.22. The Labute approximate surface area is 327 Å². The van der Waals surface area contributed by atoms with Crippen molar-refractivity contribution in [2.45, 2.75) is 0 Å². The van der Waals surface area contributed by atoms with Crippen LogP contribution in [0.25, 0.3) is 98.7 Å². The van der Waals surface area contributed by atoms with Crippen LogP contribution in [0.3, 0.4) is 0 Å². The topological polar surface area (TPSA) is 42.4 Å². The van der Waals surface area contributed by atoms with Gasteiger partial charge in [0.15, 0.2) is 5.58 Å². The van der Waals surface area contributed by atoms with Crippen molar-refractivity contribution in [3.8, 4) is 22.6 Å². The Morgan fingerprint density at radius 3 is 1.96 bits per heavy atom. The average Bonchev–Trinajstić information content (AvgIpc) is 3.89. The Morgan fingerprint density at radius 1 is 0.368 bits per heavy atom. The molecule has 0 amide bonds. The lowest BCUT2D eigenvalue weighted by atomic mass is 9.95. The number of benzene rings is 10. The van der Waals surface area contributed by atoms with E-state index in [0.29, 0.717) is 5.89 Å². The predicted molar refractivity (Wildman–Crippen MR) is 237 cm³/mol. The molecule has 0 saturated carbocycles. The zero-order chi connectivity index (χ0) is 37.5. The summed E-state index contributed by atoms with van der Waals surface area (Å²) in [5, 5.41) is 11.5. The Morgan fingerprint density at radius 2 is 1.05 bits per heavy atom. The number of nitrogens with zero attached hydrogens (tertiary/aromatic N) is 2. The maximum Gasteiger partial charge on any atom is 0.228 e. The lowest BCUT2D eigenvalue weighted by molar-refractivity contribution is 0.620. The first-order valence-corrected chi connectivity index (χ1v) is 19.3. The molecule has 4 nitrogen and oxygen atoms in total. The number of fused-ring (bicyclic) bond motifs is 11. The monoisotopic (exact) mass is 728 g/mol. The first kappa shape index (κ1) is 31.6. The van der Waals surface area contributed by atoms with Gasteiger partial charge in [0.2, 0.25) is 5.89 Å². The highest BCUT2D eigenvalue weighted by Crippen LogP contribution is 2.46. The maximum atomic E-state index is 6.72. The largest absolute Gasteiger partial charge is 0.456 e. The van der Waals surface area contributed by atoms with Gasteiger partial charge in [-0.2, -0.15) is 0 Å². The molecule has 266 valence electrons. The number of furan rings is 1. The van der Waals surface area contributed by atoms with Gasteiger partial charge in [-0.05, 0) is 92.0 Å². The van der Waals surface area contributed by atoms with Gasteiger partial charge >= 0.3 is 0 Å². The van der Waals surface area contributed by atoms with E-state index in [-0.39, 0.29) is 0 Å². The zero-order valence-electron chi connectivity index (χ0n) is 30.7. The standard InChI is InChI=1S/C53H32N2O2/c1-2-11-33(12-3-1)37-16-8-17-38(31-37)55(46-21-9-15-36-24-27-42-40-18-6-4-13-34(40)23-28-43(42)50(36)46)39-26-29-44-49(32-39)56-47-22-10-20-45(51(44)47)53-54-52-41-19-7-5-14-35(41)25-30-48(52)57-53/h1-32H. The van der Waals surface area contributed by atoms with Crippen LogP contribution < -0.4 is 4.90 Å². The molecular formula is C53H32N2O2. The van der Waals surface area contributed by atoms with Crippen LogP contribution in [0.4, 0.5) is 17.1 Å². The van der Waals surface area contributed by atoms with Crippen molar-refractivity contribution in [3.63, 3.8) is 0 Å². The normalized spacial score (nSPS) is 11.9. The molecule has 0 atom stereocenters. The molecular weight excluding hydrogens is 697 g/mol. The molecule has 4 heteroatoms. The second-order valence-electron chi connectivity index (χ2n) is 14.7. The molecule has 0 radical (unpaired) electrons. The van der Waals surface area contributed by atoms with Crippen LogP contribution in [0, 0.1) is 0 Å². The second-order valence-corrected chi connectivity index (χ2v) is 14.7. The molecule has 0 aliphatic carbocycles. The van der Waals surface area contributed by atoms with Crippen molar-refractivity contribution in [3.05, 3.63) is 194 Å². The Bertz CT molecular complexity index is 3540. The first-order chi connectivity index (χ1) is 28.2. The summed E-state index contributed by atoms with van der Waals surface area (Å²) in [4.78, 5) is 7.44. The highest BCUT2D eigenvalue weighted by atomic mass is 16.3. The molecule has 2 heterocycles. The molecule has 0 N–H and O–H groups in total. The summed E-state index contributed by atoms with van der Waals surface area (Å²) < 4.78 is 13.2. The van der Waals surface area contributed by atoms with Gasteiger partial charge in [0.1, 0.15) is 16.7 Å². The fourth-order valence-electron chi connectivity index (χ4n) is 8.83. The summed E-state index contributed by atoms with van der Waals surface area (Å²) in [6.45, 7) is 0. The summed E-state index contributed by atoms with van der Waals surface area (Å²) in [5.74, 6) is 0.577. The summed E-state index contributed by atoms with van der Waals surface area (Å²) in [5.41, 5.74) is 9.55. The van der Waals surface area contributed by atoms with Gasteiger partial charge in [0, 0.05) is 44.5 Å². The molecule has 0 saturated heterocycles. The predicted octanol–water partition coefficient (Wildman–Crippen LogP) is 15.1. The van der Waals surface area contributed by atoms with Crippen LogP contribution in [-0.4, -0.2) is 4.98 Å². The third-order valence-corrected chi connectivity index (χ3v) is 11.4. The van der Waals surface area contributed by atoms with E-state index in [1.807, 2.05) is 30.3 Å². The van der Waals surface area contributed by atoms with Crippen LogP contribution in [0.15, 0.2) is 203 Å². The number of aromatic nitrogens is 1. The van der Waals surface area contributed by atoms with Crippen LogP contribution >= 0.6 is 0 Å². The van der Waals surface area contributed by atoms with E-state index in [2.05, 4.69) is 169 Å². The number of hydrogen-bond acceptors (Lipinski definition) is 4. The van der Waals surface area contributed by atoms with Gasteiger partial charge in [0.25, 0.3) is 0 Å².